The van der Waals surface area contributed by atoms with Crippen LogP contribution in [0.1, 0.15) is 26.7 Å². The predicted octanol–water partition coefficient (Wildman–Crippen LogP) is 8.14. The van der Waals surface area contributed by atoms with E-state index in [2.05, 4.69) is 29.6 Å². The zero-order chi connectivity index (χ0) is 26.1. The molecule has 1 heterocycles. The van der Waals surface area contributed by atoms with Crippen molar-refractivity contribution < 1.29 is 19.4 Å². The number of nitrogens with one attached hydrogen (secondary N) is 1. The molecule has 6 heteroatoms. The quantitative estimate of drug-likeness (QED) is 0.238. The van der Waals surface area contributed by atoms with Crippen LogP contribution in [0.15, 0.2) is 109 Å². The lowest BCUT2D eigenvalue weighted by atomic mass is 9.98. The summed E-state index contributed by atoms with van der Waals surface area (Å²) in [6.45, 7) is 0.153. The van der Waals surface area contributed by atoms with Gasteiger partial charge in [0.05, 0.1) is 5.69 Å². The van der Waals surface area contributed by atoms with Crippen LogP contribution >= 0.6 is 11.3 Å². The van der Waals surface area contributed by atoms with Crippen molar-refractivity contribution in [3.8, 4) is 32.7 Å². The van der Waals surface area contributed by atoms with Crippen molar-refractivity contribution in [2.75, 3.05) is 11.9 Å². The van der Waals surface area contributed by atoms with Gasteiger partial charge < -0.3 is 9.84 Å². The Bertz CT molecular complexity index is 1590. The van der Waals surface area contributed by atoms with Crippen LogP contribution in [0.2, 0.25) is 0 Å². The van der Waals surface area contributed by atoms with Gasteiger partial charge in [-0.1, -0.05) is 103 Å². The van der Waals surface area contributed by atoms with Gasteiger partial charge in [-0.15, -0.1) is 11.3 Å². The monoisotopic (exact) mass is 517 g/mol. The summed E-state index contributed by atoms with van der Waals surface area (Å²) in [5.74, 6) is -1.18. The first-order valence-corrected chi connectivity index (χ1v) is 13.0. The molecule has 38 heavy (non-hydrogen) atoms. The second-order valence-corrected chi connectivity index (χ2v) is 10.1. The molecule has 0 atom stereocenters. The van der Waals surface area contributed by atoms with E-state index in [-0.39, 0.29) is 23.1 Å². The number of rotatable bonds is 6. The van der Waals surface area contributed by atoms with Crippen molar-refractivity contribution in [3.05, 3.63) is 125 Å². The number of carboxylic acid groups (broad SMARTS) is 1. The Labute approximate surface area is 224 Å². The maximum Gasteiger partial charge on any atom is 0.411 e. The molecule has 2 N–H and O–H groups in total. The summed E-state index contributed by atoms with van der Waals surface area (Å²) in [6.07, 6.45) is -0.682. The van der Waals surface area contributed by atoms with E-state index in [1.54, 1.807) is 6.07 Å². The molecule has 0 bridgehead atoms. The van der Waals surface area contributed by atoms with Gasteiger partial charge in [0, 0.05) is 10.8 Å². The van der Waals surface area contributed by atoms with Gasteiger partial charge in [0.25, 0.3) is 0 Å². The SMILES string of the molecule is O=C(Nc1cc(-c2ccc(-c3ccccc3)cc2)sc1C(=O)O)OCC1c2ccccc2-c2ccccc21. The molecular formula is C32H23NO4S. The van der Waals surface area contributed by atoms with Crippen LogP contribution in [0.5, 0.6) is 0 Å². The molecule has 5 aromatic rings. The number of anilines is 1. The number of carbonyl (C=O) groups is 2. The van der Waals surface area contributed by atoms with Gasteiger partial charge in [0.2, 0.25) is 0 Å². The Morgan fingerprint density at radius 1 is 0.737 bits per heavy atom. The van der Waals surface area contributed by atoms with E-state index in [4.69, 9.17) is 4.74 Å². The minimum atomic E-state index is -1.10. The highest BCUT2D eigenvalue weighted by Gasteiger charge is 2.29. The molecule has 0 saturated carbocycles. The van der Waals surface area contributed by atoms with Crippen molar-refractivity contribution in [3.63, 3.8) is 0 Å². The molecule has 1 aliphatic rings. The molecule has 4 aromatic carbocycles. The molecule has 6 rings (SSSR count). The fourth-order valence-corrected chi connectivity index (χ4v) is 5.94. The standard InChI is InChI=1S/C32H23NO4S/c34-31(35)30-28(18-29(38-30)22-16-14-21(15-17-22)20-8-2-1-3-9-20)33-32(36)37-19-27-25-12-6-4-10-23(25)24-11-5-7-13-26(24)27/h1-18,27H,19H2,(H,33,36)(H,34,35). The van der Waals surface area contributed by atoms with Crippen LogP contribution in [0.4, 0.5) is 10.5 Å². The molecule has 1 amide bonds. The van der Waals surface area contributed by atoms with Crippen LogP contribution in [-0.4, -0.2) is 23.8 Å². The molecule has 0 aliphatic heterocycles. The molecule has 0 spiro atoms. The maximum atomic E-state index is 12.8. The molecule has 1 aromatic heterocycles. The smallest absolute Gasteiger partial charge is 0.411 e. The van der Waals surface area contributed by atoms with Gasteiger partial charge in [0.1, 0.15) is 11.5 Å². The largest absolute Gasteiger partial charge is 0.477 e. The van der Waals surface area contributed by atoms with Gasteiger partial charge in [-0.25, -0.2) is 9.59 Å². The average Bonchev–Trinajstić information content (AvgIpc) is 3.52. The van der Waals surface area contributed by atoms with Crippen molar-refractivity contribution >= 4 is 29.1 Å². The number of thiophene rings is 1. The second kappa shape index (κ2) is 10.00. The van der Waals surface area contributed by atoms with E-state index in [1.165, 1.54) is 0 Å². The van der Waals surface area contributed by atoms with E-state index < -0.39 is 12.1 Å². The highest BCUT2D eigenvalue weighted by Crippen LogP contribution is 2.44. The minimum Gasteiger partial charge on any atom is -0.477 e. The Morgan fingerprint density at radius 2 is 1.29 bits per heavy atom. The molecule has 5 nitrogen and oxygen atoms in total. The summed E-state index contributed by atoms with van der Waals surface area (Å²) in [6, 6.07) is 35.9. The molecule has 186 valence electrons. The number of hydrogen-bond acceptors (Lipinski definition) is 4. The van der Waals surface area contributed by atoms with Crippen LogP contribution < -0.4 is 5.32 Å². The summed E-state index contributed by atoms with van der Waals surface area (Å²) in [5.41, 5.74) is 7.79. The summed E-state index contributed by atoms with van der Waals surface area (Å²) in [5, 5.41) is 12.4. The fourth-order valence-electron chi connectivity index (χ4n) is 4.99. The zero-order valence-electron chi connectivity index (χ0n) is 20.3. The van der Waals surface area contributed by atoms with E-state index >= 15 is 0 Å². The van der Waals surface area contributed by atoms with Crippen molar-refractivity contribution in [2.24, 2.45) is 0 Å². The molecule has 1 aliphatic carbocycles. The van der Waals surface area contributed by atoms with Crippen LogP contribution in [0.25, 0.3) is 32.7 Å². The number of amides is 1. The average molecular weight is 518 g/mol. The fraction of sp³-hybridized carbons (Fsp3) is 0.0625. The van der Waals surface area contributed by atoms with Crippen LogP contribution in [0, 0.1) is 0 Å². The lowest BCUT2D eigenvalue weighted by Gasteiger charge is -2.14. The van der Waals surface area contributed by atoms with Crippen LogP contribution in [0.3, 0.4) is 0 Å². The molecule has 0 fully saturated rings. The number of carbonyl (C=O) groups excluding carboxylic acids is 1. The third-order valence-corrected chi connectivity index (χ3v) is 7.96. The lowest BCUT2D eigenvalue weighted by molar-refractivity contribution is 0.0703. The summed E-state index contributed by atoms with van der Waals surface area (Å²) in [7, 11) is 0. The third-order valence-electron chi connectivity index (χ3n) is 6.78. The Kier molecular flexibility index (Phi) is 6.23. The van der Waals surface area contributed by atoms with Gasteiger partial charge in [-0.05, 0) is 45.0 Å². The third kappa shape index (κ3) is 4.46. The Balaban J connectivity index is 1.19. The van der Waals surface area contributed by atoms with Crippen molar-refractivity contribution in [2.45, 2.75) is 5.92 Å². The number of aromatic carboxylic acids is 1. The normalized spacial score (nSPS) is 12.0. The van der Waals surface area contributed by atoms with Gasteiger partial charge in [0.15, 0.2) is 0 Å². The summed E-state index contributed by atoms with van der Waals surface area (Å²) >= 11 is 1.12. The highest BCUT2D eigenvalue weighted by molar-refractivity contribution is 7.18. The first-order valence-electron chi connectivity index (χ1n) is 12.2. The zero-order valence-corrected chi connectivity index (χ0v) is 21.1. The number of fused-ring (bicyclic) bond motifs is 3. The Morgan fingerprint density at radius 3 is 1.92 bits per heavy atom. The number of ether oxygens (including phenoxy) is 1. The minimum absolute atomic E-state index is 0.0562. The van der Waals surface area contributed by atoms with Gasteiger partial charge in [-0.2, -0.15) is 0 Å². The van der Waals surface area contributed by atoms with Gasteiger partial charge in [-0.3, -0.25) is 5.32 Å². The van der Waals surface area contributed by atoms with E-state index in [0.29, 0.717) is 0 Å². The predicted molar refractivity (Wildman–Crippen MR) is 151 cm³/mol. The Hall–Kier alpha value is -4.68. The number of carboxylic acids is 1. The second-order valence-electron chi connectivity index (χ2n) is 9.05. The first-order chi connectivity index (χ1) is 18.6. The first kappa shape index (κ1) is 23.7. The van der Waals surface area contributed by atoms with Gasteiger partial charge >= 0.3 is 12.1 Å². The van der Waals surface area contributed by atoms with Crippen molar-refractivity contribution in [1.82, 2.24) is 0 Å². The van der Waals surface area contributed by atoms with Crippen LogP contribution in [-0.2, 0) is 4.74 Å². The van der Waals surface area contributed by atoms with E-state index in [9.17, 15) is 14.7 Å². The topological polar surface area (TPSA) is 75.6 Å². The summed E-state index contributed by atoms with van der Waals surface area (Å²) < 4.78 is 5.62. The van der Waals surface area contributed by atoms with Crippen molar-refractivity contribution in [1.29, 1.82) is 0 Å². The lowest BCUT2D eigenvalue weighted by Crippen LogP contribution is -2.18. The number of benzene rings is 4. The molecular weight excluding hydrogens is 494 g/mol. The molecule has 0 unspecified atom stereocenters. The van der Waals surface area contributed by atoms with E-state index in [1.807, 2.05) is 78.9 Å². The molecule has 0 radical (unpaired) electrons. The highest BCUT2D eigenvalue weighted by atomic mass is 32.1. The maximum absolute atomic E-state index is 12.8. The number of hydrogen-bond donors (Lipinski definition) is 2. The van der Waals surface area contributed by atoms with E-state index in [0.717, 1.165) is 55.2 Å². The summed E-state index contributed by atoms with van der Waals surface area (Å²) in [4.78, 5) is 25.5. The molecule has 0 saturated heterocycles.